The van der Waals surface area contributed by atoms with E-state index in [2.05, 4.69) is 136 Å². The van der Waals surface area contributed by atoms with Crippen molar-refractivity contribution in [3.8, 4) is 107 Å². The van der Waals surface area contributed by atoms with Crippen LogP contribution in [0.1, 0.15) is 93.7 Å². The first kappa shape index (κ1) is 41.1. The molecule has 1 aliphatic carbocycles. The molecule has 260 valence electrons. The van der Waals surface area contributed by atoms with E-state index < -0.39 is 6.10 Å². The molecule has 0 radical (unpaired) electrons. The first-order chi connectivity index (χ1) is 23.1. The maximum atomic E-state index is 12.4. The number of benzene rings is 1. The lowest BCUT2D eigenvalue weighted by Gasteiger charge is -2.29. The second kappa shape index (κ2) is 24.4. The van der Waals surface area contributed by atoms with E-state index in [4.69, 9.17) is 27.4 Å². The third kappa shape index (κ3) is 17.4. The first-order valence-electron chi connectivity index (χ1n) is 14.1. The Balaban J connectivity index is -0.0000000586. The molecule has 1 amide bonds. The van der Waals surface area contributed by atoms with Crippen molar-refractivity contribution in [2.24, 2.45) is 5.41 Å². The Labute approximate surface area is 298 Å². The summed E-state index contributed by atoms with van der Waals surface area (Å²) in [6, 6.07) is 6.19. The molecule has 10 heteroatoms. The first-order valence-corrected chi connectivity index (χ1v) is 14.1. The summed E-state index contributed by atoms with van der Waals surface area (Å²) in [5.74, 6) is 42.5. The van der Waals surface area contributed by atoms with Gasteiger partial charge in [0.15, 0.2) is 0 Å². The van der Waals surface area contributed by atoms with Crippen molar-refractivity contribution >= 4 is 22.9 Å². The number of carbonyl (C=O) groups is 1. The zero-order valence-electron chi connectivity index (χ0n) is 27.3. The Morgan fingerprint density at radius 3 is 1.85 bits per heavy atom. The highest BCUT2D eigenvalue weighted by molar-refractivity contribution is 5.92. The van der Waals surface area contributed by atoms with E-state index in [9.17, 15) is 9.90 Å². The molecular formula is C38H54N6O4. The second-order valence-electron chi connectivity index (χ2n) is 10.5. The van der Waals surface area contributed by atoms with Crippen LogP contribution in [0.25, 0.3) is 21.5 Å². The van der Waals surface area contributed by atoms with Gasteiger partial charge in [0.25, 0.3) is 0 Å². The fourth-order valence-corrected chi connectivity index (χ4v) is 3.63. The van der Waals surface area contributed by atoms with E-state index in [0.29, 0.717) is 18.4 Å². The van der Waals surface area contributed by atoms with Gasteiger partial charge in [-0.15, -0.1) is 12.0 Å². The fraction of sp³-hybridized carbons (Fsp3) is 0.316. The Bertz CT molecular complexity index is 2070. The molecule has 1 atom stereocenters. The molecule has 0 spiro atoms. The van der Waals surface area contributed by atoms with E-state index in [1.807, 2.05) is 18.2 Å². The van der Waals surface area contributed by atoms with Crippen LogP contribution in [-0.4, -0.2) is 20.6 Å². The van der Waals surface area contributed by atoms with Gasteiger partial charge < -0.3 is 9.67 Å². The van der Waals surface area contributed by atoms with Gasteiger partial charge in [-0.05, 0) is 161 Å². The van der Waals surface area contributed by atoms with Crippen molar-refractivity contribution in [2.45, 2.75) is 72.4 Å². The highest BCUT2D eigenvalue weighted by Crippen LogP contribution is 2.38. The minimum atomic E-state index is -0.516. The predicted octanol–water partition coefficient (Wildman–Crippen LogP) is 8.50. The monoisotopic (exact) mass is 658 g/mol. The molecule has 0 saturated heterocycles. The molecule has 1 aromatic carbocycles. The SMILES string of the molecule is C#CC#CC#CC#CC#CC#CC#CC#CC#CC.CC(O)c1ccc2nc(NC(=O)CC(C)(C)C)n(C3CCC3)c2c1.O=O.[HH].[HH].[HH].[HH].[HH].[HH].[HH].[HH].[HH].[HH].[HH].[N-]=[N+]=N. The number of amides is 1. The van der Waals surface area contributed by atoms with Gasteiger partial charge in [0.1, 0.15) is 0 Å². The highest BCUT2D eigenvalue weighted by Gasteiger charge is 2.26. The Morgan fingerprint density at radius 2 is 1.48 bits per heavy atom. The maximum absolute atomic E-state index is 12.4. The molecule has 0 aliphatic heterocycles. The van der Waals surface area contributed by atoms with Crippen LogP contribution >= 0.6 is 0 Å². The number of aromatic nitrogens is 2. The van der Waals surface area contributed by atoms with Gasteiger partial charge in [0, 0.05) is 38.1 Å². The zero-order valence-corrected chi connectivity index (χ0v) is 27.3. The lowest BCUT2D eigenvalue weighted by Crippen LogP contribution is -2.24. The largest absolute Gasteiger partial charge is 0.389 e. The van der Waals surface area contributed by atoms with Crippen LogP contribution in [0, 0.1) is 128 Å². The number of terminal acetylenes is 1. The quantitative estimate of drug-likeness (QED) is 0.130. The molecule has 10 nitrogen and oxygen atoms in total. The number of aliphatic hydroxyl groups is 1. The maximum Gasteiger partial charge on any atom is 0.227 e. The van der Waals surface area contributed by atoms with Crippen molar-refractivity contribution in [1.82, 2.24) is 9.55 Å². The third-order valence-electron chi connectivity index (χ3n) is 5.65. The summed E-state index contributed by atoms with van der Waals surface area (Å²) in [5, 5.41) is 12.9. The van der Waals surface area contributed by atoms with E-state index in [-0.39, 0.29) is 27.0 Å². The van der Waals surface area contributed by atoms with Crippen LogP contribution in [0.4, 0.5) is 5.95 Å². The zero-order chi connectivity index (χ0) is 36.2. The molecule has 2 aromatic rings. The number of carbonyl (C=O) groups excluding carboxylic acids is 1. The number of anilines is 1. The summed E-state index contributed by atoms with van der Waals surface area (Å²) < 4.78 is 2.14. The number of nitrogens with zero attached hydrogens (tertiary/aromatic N) is 4. The number of hydrogen-bond acceptors (Lipinski definition) is 6. The summed E-state index contributed by atoms with van der Waals surface area (Å²) in [5.41, 5.74) is 14.9. The van der Waals surface area contributed by atoms with E-state index >= 15 is 0 Å². The van der Waals surface area contributed by atoms with Gasteiger partial charge in [-0.3, -0.25) is 10.1 Å². The van der Waals surface area contributed by atoms with Gasteiger partial charge in [-0.25, -0.2) is 4.98 Å². The average Bonchev–Trinajstić information content (AvgIpc) is 3.35. The van der Waals surface area contributed by atoms with Gasteiger partial charge >= 0.3 is 0 Å². The lowest BCUT2D eigenvalue weighted by molar-refractivity contribution is -0.117. The normalized spacial score (nSPS) is 10.2. The number of nitrogens with one attached hydrogen (secondary N) is 2. The van der Waals surface area contributed by atoms with Gasteiger partial charge in [0.2, 0.25) is 11.9 Å². The molecule has 1 aliphatic rings. The Hall–Kier alpha value is -6.93. The predicted molar refractivity (Wildman–Crippen MR) is 212 cm³/mol. The third-order valence-corrected chi connectivity index (χ3v) is 5.65. The van der Waals surface area contributed by atoms with Gasteiger partial charge in [-0.1, -0.05) is 32.8 Å². The minimum absolute atomic E-state index is 0. The summed E-state index contributed by atoms with van der Waals surface area (Å²) in [6.07, 6.45) is 8.25. The average molecular weight is 659 g/mol. The van der Waals surface area contributed by atoms with Crippen molar-refractivity contribution in [3.63, 3.8) is 0 Å². The number of hydrogen-bond donors (Lipinski definition) is 3. The molecule has 1 fully saturated rings. The summed E-state index contributed by atoms with van der Waals surface area (Å²) in [7, 11) is 0. The molecule has 3 rings (SSSR count). The molecule has 1 aromatic heterocycles. The fourth-order valence-electron chi connectivity index (χ4n) is 3.63. The van der Waals surface area contributed by atoms with Crippen molar-refractivity contribution in [1.29, 1.82) is 5.53 Å². The topological polar surface area (TPSA) is 162 Å². The van der Waals surface area contributed by atoms with Crippen molar-refractivity contribution < 1.29 is 25.6 Å². The second-order valence-corrected chi connectivity index (χ2v) is 10.5. The van der Waals surface area contributed by atoms with Crippen LogP contribution in [0.2, 0.25) is 0 Å². The van der Waals surface area contributed by atoms with Gasteiger partial charge in [0.05, 0.1) is 17.1 Å². The summed E-state index contributed by atoms with van der Waals surface area (Å²) in [6.45, 7) is 9.62. The lowest BCUT2D eigenvalue weighted by atomic mass is 9.92. The molecule has 0 bridgehead atoms. The van der Waals surface area contributed by atoms with Crippen LogP contribution in [0.5, 0.6) is 0 Å². The Morgan fingerprint density at radius 1 is 1.02 bits per heavy atom. The van der Waals surface area contributed by atoms with Gasteiger partial charge in [-0.2, -0.15) is 0 Å². The molecule has 1 saturated carbocycles. The minimum Gasteiger partial charge on any atom is -0.389 e. The highest BCUT2D eigenvalue weighted by atomic mass is 16.7. The van der Waals surface area contributed by atoms with E-state index in [1.54, 1.807) is 18.8 Å². The van der Waals surface area contributed by atoms with E-state index in [1.165, 1.54) is 6.42 Å². The molecular weight excluding hydrogens is 604 g/mol. The van der Waals surface area contributed by atoms with Crippen molar-refractivity contribution in [2.75, 3.05) is 5.32 Å². The van der Waals surface area contributed by atoms with Crippen molar-refractivity contribution in [3.05, 3.63) is 44.1 Å². The molecule has 1 unspecified atom stereocenters. The number of imidazole rings is 1. The Kier molecular flexibility index (Phi) is 20.9. The molecule has 48 heavy (non-hydrogen) atoms. The number of aliphatic hydroxyl groups excluding tert-OH is 1. The van der Waals surface area contributed by atoms with Crippen LogP contribution in [0.15, 0.2) is 18.2 Å². The van der Waals surface area contributed by atoms with Crippen LogP contribution in [0.3, 0.4) is 0 Å². The summed E-state index contributed by atoms with van der Waals surface area (Å²) >= 11 is 0. The standard InChI is InChI=1S/C19H27N3O2.C19H4.HN3.O2.11H2/c1-12(23)13-8-9-15-16(10-13)22(14-6-5-7-14)18(20-15)21-17(24)11-19(2,3)4;1-3-5-7-9-11-13-15-17-19-18-16-14-12-10-8-6-4-2;1-3-2;1-2;;;;;;;;;;;/h8-10,12,14,23H,5-7,11H2,1-4H3,(H,20,21,24);1H,2H3;1H;;11*1H. The summed E-state index contributed by atoms with van der Waals surface area (Å²) in [4.78, 5) is 32.7. The van der Waals surface area contributed by atoms with Crippen LogP contribution < -0.4 is 5.32 Å². The number of fused-ring (bicyclic) bond motifs is 1. The number of rotatable bonds is 4. The van der Waals surface area contributed by atoms with E-state index in [0.717, 1.165) is 29.4 Å². The smallest absolute Gasteiger partial charge is 0.227 e. The molecule has 1 heterocycles. The molecule has 3 N–H and O–H groups in total. The van der Waals surface area contributed by atoms with Crippen LogP contribution in [-0.2, 0) is 4.79 Å².